The molecule has 0 radical (unpaired) electrons. The van der Waals surface area contributed by atoms with Gasteiger partial charge in [0, 0.05) is 25.2 Å². The Labute approximate surface area is 101 Å². The lowest BCUT2D eigenvalue weighted by Crippen LogP contribution is -2.45. The van der Waals surface area contributed by atoms with Crippen molar-refractivity contribution in [3.05, 3.63) is 0 Å². The molecule has 0 amide bonds. The van der Waals surface area contributed by atoms with E-state index in [1.54, 1.807) is 0 Å². The van der Waals surface area contributed by atoms with Gasteiger partial charge < -0.3 is 10.2 Å². The predicted molar refractivity (Wildman–Crippen MR) is 69.6 cm³/mol. The standard InChI is InChI=1S/C14H28N2/c1-11(14(2,3)4)15-13-7-8-16(10-13)9-12-5-6-12/h11-13,15H,5-10H2,1-4H3. The van der Waals surface area contributed by atoms with Gasteiger partial charge in [0.1, 0.15) is 0 Å². The van der Waals surface area contributed by atoms with Crippen LogP contribution in [0.5, 0.6) is 0 Å². The van der Waals surface area contributed by atoms with Crippen molar-refractivity contribution < 1.29 is 0 Å². The highest BCUT2D eigenvalue weighted by Crippen LogP contribution is 2.31. The molecule has 2 aliphatic rings. The van der Waals surface area contributed by atoms with Gasteiger partial charge in [0.05, 0.1) is 0 Å². The van der Waals surface area contributed by atoms with Crippen LogP contribution in [0.2, 0.25) is 0 Å². The fourth-order valence-electron chi connectivity index (χ4n) is 2.40. The topological polar surface area (TPSA) is 15.3 Å². The molecule has 1 heterocycles. The molecule has 0 spiro atoms. The summed E-state index contributed by atoms with van der Waals surface area (Å²) in [6.07, 6.45) is 4.30. The number of nitrogens with zero attached hydrogens (tertiary/aromatic N) is 1. The lowest BCUT2D eigenvalue weighted by molar-refractivity contribution is 0.254. The van der Waals surface area contributed by atoms with E-state index in [0.717, 1.165) is 12.0 Å². The monoisotopic (exact) mass is 224 g/mol. The van der Waals surface area contributed by atoms with E-state index in [-0.39, 0.29) is 0 Å². The SMILES string of the molecule is CC(NC1CCN(CC2CC2)C1)C(C)(C)C. The van der Waals surface area contributed by atoms with Crippen LogP contribution in [-0.4, -0.2) is 36.6 Å². The summed E-state index contributed by atoms with van der Waals surface area (Å²) >= 11 is 0. The first-order chi connectivity index (χ1) is 7.45. The minimum Gasteiger partial charge on any atom is -0.310 e. The largest absolute Gasteiger partial charge is 0.310 e. The number of likely N-dealkylation sites (tertiary alicyclic amines) is 1. The molecule has 0 aromatic rings. The average Bonchev–Trinajstić information content (AvgIpc) is 2.85. The maximum atomic E-state index is 3.80. The summed E-state index contributed by atoms with van der Waals surface area (Å²) < 4.78 is 0. The molecule has 1 saturated carbocycles. The molecule has 2 atom stereocenters. The van der Waals surface area contributed by atoms with Gasteiger partial charge in [-0.05, 0) is 44.1 Å². The third-order valence-corrected chi connectivity index (χ3v) is 4.27. The molecule has 1 N–H and O–H groups in total. The van der Waals surface area contributed by atoms with Gasteiger partial charge >= 0.3 is 0 Å². The Balaban J connectivity index is 1.71. The normalized spacial score (nSPS) is 29.6. The molecule has 0 aromatic heterocycles. The summed E-state index contributed by atoms with van der Waals surface area (Å²) in [5, 5.41) is 3.80. The molecule has 2 fully saturated rings. The Bertz CT molecular complexity index is 227. The Morgan fingerprint density at radius 1 is 1.25 bits per heavy atom. The van der Waals surface area contributed by atoms with Gasteiger partial charge in [0.2, 0.25) is 0 Å². The van der Waals surface area contributed by atoms with E-state index in [2.05, 4.69) is 37.9 Å². The summed E-state index contributed by atoms with van der Waals surface area (Å²) in [6, 6.07) is 1.34. The fraction of sp³-hybridized carbons (Fsp3) is 1.00. The van der Waals surface area contributed by atoms with Gasteiger partial charge in [-0.2, -0.15) is 0 Å². The Morgan fingerprint density at radius 3 is 2.50 bits per heavy atom. The maximum absolute atomic E-state index is 3.80. The Morgan fingerprint density at radius 2 is 1.94 bits per heavy atom. The van der Waals surface area contributed by atoms with Crippen molar-refractivity contribution in [2.24, 2.45) is 11.3 Å². The van der Waals surface area contributed by atoms with E-state index in [1.165, 1.54) is 38.9 Å². The summed E-state index contributed by atoms with van der Waals surface area (Å²) in [5.41, 5.74) is 0.379. The van der Waals surface area contributed by atoms with Crippen molar-refractivity contribution in [1.29, 1.82) is 0 Å². The molecule has 16 heavy (non-hydrogen) atoms. The van der Waals surface area contributed by atoms with Crippen LogP contribution >= 0.6 is 0 Å². The molecule has 2 heteroatoms. The second-order valence-corrected chi connectivity index (χ2v) is 6.94. The zero-order valence-corrected chi connectivity index (χ0v) is 11.4. The predicted octanol–water partition coefficient (Wildman–Crippen LogP) is 2.49. The van der Waals surface area contributed by atoms with Crippen LogP contribution in [0.3, 0.4) is 0 Å². The highest BCUT2D eigenvalue weighted by atomic mass is 15.2. The molecular formula is C14H28N2. The molecule has 0 aromatic carbocycles. The van der Waals surface area contributed by atoms with E-state index in [9.17, 15) is 0 Å². The summed E-state index contributed by atoms with van der Waals surface area (Å²) in [6.45, 7) is 13.2. The average molecular weight is 224 g/mol. The van der Waals surface area contributed by atoms with Crippen LogP contribution in [-0.2, 0) is 0 Å². The number of rotatable bonds is 4. The molecular weight excluding hydrogens is 196 g/mol. The molecule has 2 nitrogen and oxygen atoms in total. The molecule has 2 rings (SSSR count). The summed E-state index contributed by atoms with van der Waals surface area (Å²) in [5.74, 6) is 1.04. The van der Waals surface area contributed by atoms with Gasteiger partial charge in [-0.15, -0.1) is 0 Å². The van der Waals surface area contributed by atoms with E-state index < -0.39 is 0 Å². The van der Waals surface area contributed by atoms with Gasteiger partial charge in [-0.1, -0.05) is 20.8 Å². The molecule has 1 saturated heterocycles. The van der Waals surface area contributed by atoms with Crippen LogP contribution in [0.1, 0.15) is 47.0 Å². The Kier molecular flexibility index (Phi) is 3.60. The van der Waals surface area contributed by atoms with Gasteiger partial charge in [0.15, 0.2) is 0 Å². The van der Waals surface area contributed by atoms with Gasteiger partial charge in [-0.25, -0.2) is 0 Å². The molecule has 94 valence electrons. The first-order valence-electron chi connectivity index (χ1n) is 6.93. The van der Waals surface area contributed by atoms with Crippen LogP contribution in [0.4, 0.5) is 0 Å². The third-order valence-electron chi connectivity index (χ3n) is 4.27. The van der Waals surface area contributed by atoms with Crippen LogP contribution < -0.4 is 5.32 Å². The van der Waals surface area contributed by atoms with Crippen molar-refractivity contribution in [1.82, 2.24) is 10.2 Å². The van der Waals surface area contributed by atoms with Crippen molar-refractivity contribution in [2.45, 2.75) is 59.0 Å². The molecule has 0 bridgehead atoms. The minimum absolute atomic E-state index is 0.379. The number of nitrogens with one attached hydrogen (secondary N) is 1. The minimum atomic E-state index is 0.379. The zero-order chi connectivity index (χ0) is 11.8. The molecule has 2 unspecified atom stereocenters. The Hall–Kier alpha value is -0.0800. The molecule has 1 aliphatic carbocycles. The lowest BCUT2D eigenvalue weighted by atomic mass is 9.87. The number of hydrogen-bond acceptors (Lipinski definition) is 2. The van der Waals surface area contributed by atoms with Crippen LogP contribution in [0, 0.1) is 11.3 Å². The molecule has 1 aliphatic heterocycles. The summed E-state index contributed by atoms with van der Waals surface area (Å²) in [7, 11) is 0. The highest BCUT2D eigenvalue weighted by molar-refractivity contribution is 4.88. The first-order valence-corrected chi connectivity index (χ1v) is 6.93. The lowest BCUT2D eigenvalue weighted by Gasteiger charge is -2.31. The van der Waals surface area contributed by atoms with E-state index in [1.807, 2.05) is 0 Å². The van der Waals surface area contributed by atoms with Gasteiger partial charge in [-0.3, -0.25) is 0 Å². The van der Waals surface area contributed by atoms with E-state index in [0.29, 0.717) is 11.5 Å². The first kappa shape index (κ1) is 12.4. The second-order valence-electron chi connectivity index (χ2n) is 6.94. The quantitative estimate of drug-likeness (QED) is 0.789. The van der Waals surface area contributed by atoms with Gasteiger partial charge in [0.25, 0.3) is 0 Å². The van der Waals surface area contributed by atoms with E-state index in [4.69, 9.17) is 0 Å². The van der Waals surface area contributed by atoms with Crippen LogP contribution in [0.15, 0.2) is 0 Å². The zero-order valence-electron chi connectivity index (χ0n) is 11.4. The van der Waals surface area contributed by atoms with Crippen molar-refractivity contribution >= 4 is 0 Å². The highest BCUT2D eigenvalue weighted by Gasteiger charge is 2.31. The number of hydrogen-bond donors (Lipinski definition) is 1. The van der Waals surface area contributed by atoms with Crippen molar-refractivity contribution in [3.63, 3.8) is 0 Å². The van der Waals surface area contributed by atoms with Crippen molar-refractivity contribution in [3.8, 4) is 0 Å². The maximum Gasteiger partial charge on any atom is 0.0209 e. The smallest absolute Gasteiger partial charge is 0.0209 e. The third kappa shape index (κ3) is 3.46. The second kappa shape index (κ2) is 4.66. The summed E-state index contributed by atoms with van der Waals surface area (Å²) in [4.78, 5) is 2.66. The fourth-order valence-corrected chi connectivity index (χ4v) is 2.40. The van der Waals surface area contributed by atoms with E-state index >= 15 is 0 Å². The van der Waals surface area contributed by atoms with Crippen LogP contribution in [0.25, 0.3) is 0 Å². The van der Waals surface area contributed by atoms with Crippen molar-refractivity contribution in [2.75, 3.05) is 19.6 Å².